The summed E-state index contributed by atoms with van der Waals surface area (Å²) in [5.74, 6) is -1.63. The van der Waals surface area contributed by atoms with Crippen molar-refractivity contribution in [1.82, 2.24) is 26.3 Å². The number of fused-ring (bicyclic) bond motifs is 2. The van der Waals surface area contributed by atoms with E-state index in [1.807, 2.05) is 25.1 Å². The average Bonchev–Trinajstić information content (AvgIpc) is 2.99. The van der Waals surface area contributed by atoms with Crippen molar-refractivity contribution in [3.63, 3.8) is 0 Å². The number of nitrogens with one attached hydrogen (secondary N) is 4. The Morgan fingerprint density at radius 3 is 2.40 bits per heavy atom. The molecule has 0 aliphatic carbocycles. The Bertz CT molecular complexity index is 1150. The number of hydrogen-bond donors (Lipinski definition) is 6. The molecule has 2 aliphatic rings. The minimum atomic E-state index is -1.39. The molecule has 7 N–H and O–H groups in total. The zero-order valence-corrected chi connectivity index (χ0v) is 26.2. The standard InChI is InChI=1S/C28H42N6O7S2/c1-3-17(2)23-26(39)31-21(24(29)37)16-43-15-19-6-4-5-18(30-19)14-42-12-7-22(36)34-28(8-10-41-11-9-28)27(40)32-20(13-35)25(38)33-23/h4-6,17,20-21,23,35H,3,7-16H2,1-2H3,(H2,29,37)(H,31,39)(H,32,40)(H,33,38)(H,34,36)/t17-,20?,21-,23-/m0/s1. The first-order valence-corrected chi connectivity index (χ1v) is 16.7. The zero-order valence-electron chi connectivity index (χ0n) is 24.6. The molecule has 1 spiro atoms. The van der Waals surface area contributed by atoms with Gasteiger partial charge in [-0.05, 0) is 18.1 Å². The van der Waals surface area contributed by atoms with E-state index in [1.165, 1.54) is 23.5 Å². The van der Waals surface area contributed by atoms with Crippen LogP contribution in [0, 0.1) is 5.92 Å². The summed E-state index contributed by atoms with van der Waals surface area (Å²) in [6, 6.07) is 2.21. The van der Waals surface area contributed by atoms with E-state index in [0.717, 1.165) is 11.4 Å². The van der Waals surface area contributed by atoms with E-state index < -0.39 is 53.9 Å². The van der Waals surface area contributed by atoms with Crippen molar-refractivity contribution >= 4 is 53.1 Å². The van der Waals surface area contributed by atoms with Gasteiger partial charge in [-0.1, -0.05) is 26.3 Å². The molecule has 4 atom stereocenters. The quantitative estimate of drug-likeness (QED) is 0.252. The van der Waals surface area contributed by atoms with E-state index in [9.17, 15) is 29.1 Å². The van der Waals surface area contributed by atoms with Gasteiger partial charge in [0.2, 0.25) is 29.5 Å². The van der Waals surface area contributed by atoms with Gasteiger partial charge in [0.15, 0.2) is 0 Å². The van der Waals surface area contributed by atoms with Crippen LogP contribution in [0.1, 0.15) is 50.9 Å². The van der Waals surface area contributed by atoms with Gasteiger partial charge < -0.3 is 36.8 Å². The number of carbonyl (C=O) groups is 5. The summed E-state index contributed by atoms with van der Waals surface area (Å²) in [4.78, 5) is 69.9. The number of thioether (sulfide) groups is 2. The number of carbonyl (C=O) groups excluding carboxylic acids is 5. The average molecular weight is 639 g/mol. The summed E-state index contributed by atoms with van der Waals surface area (Å²) in [7, 11) is 0. The summed E-state index contributed by atoms with van der Waals surface area (Å²) < 4.78 is 5.42. The number of aliphatic hydroxyl groups excluding tert-OH is 1. The van der Waals surface area contributed by atoms with Crippen molar-refractivity contribution in [2.75, 3.05) is 31.3 Å². The Balaban J connectivity index is 1.88. The first-order chi connectivity index (χ1) is 20.6. The highest BCUT2D eigenvalue weighted by Crippen LogP contribution is 2.23. The first kappa shape index (κ1) is 34.6. The number of hydrogen-bond acceptors (Lipinski definition) is 10. The van der Waals surface area contributed by atoms with Crippen molar-refractivity contribution in [3.05, 3.63) is 29.6 Å². The van der Waals surface area contributed by atoms with E-state index in [2.05, 4.69) is 26.3 Å². The summed E-state index contributed by atoms with van der Waals surface area (Å²) >= 11 is 2.92. The van der Waals surface area contributed by atoms with Crippen LogP contribution in [0.4, 0.5) is 0 Å². The molecule has 3 rings (SSSR count). The van der Waals surface area contributed by atoms with Crippen LogP contribution in [0.2, 0.25) is 0 Å². The minimum absolute atomic E-state index is 0.167. The van der Waals surface area contributed by atoms with E-state index in [0.29, 0.717) is 23.7 Å². The van der Waals surface area contributed by atoms with Crippen molar-refractivity contribution in [3.8, 4) is 0 Å². The van der Waals surface area contributed by atoms with Crippen molar-refractivity contribution in [1.29, 1.82) is 0 Å². The maximum absolute atomic E-state index is 13.5. The van der Waals surface area contributed by atoms with Gasteiger partial charge in [0.1, 0.15) is 23.7 Å². The second kappa shape index (κ2) is 16.8. The number of primary amides is 1. The number of rotatable bonds is 4. The number of nitrogens with two attached hydrogens (primary N) is 1. The fraction of sp³-hybridized carbons (Fsp3) is 0.643. The molecule has 1 fully saturated rings. The molecule has 1 aromatic rings. The van der Waals surface area contributed by atoms with Gasteiger partial charge in [0, 0.05) is 55.5 Å². The lowest BCUT2D eigenvalue weighted by Gasteiger charge is -2.37. The Kier molecular flexibility index (Phi) is 13.5. The fourth-order valence-corrected chi connectivity index (χ4v) is 6.49. The van der Waals surface area contributed by atoms with Gasteiger partial charge in [0.25, 0.3) is 0 Å². The molecule has 15 heteroatoms. The van der Waals surface area contributed by atoms with Gasteiger partial charge in [-0.3, -0.25) is 29.0 Å². The predicted molar refractivity (Wildman–Crippen MR) is 164 cm³/mol. The lowest BCUT2D eigenvalue weighted by Crippen LogP contribution is -2.65. The number of pyridine rings is 1. The van der Waals surface area contributed by atoms with Crippen LogP contribution < -0.4 is 27.0 Å². The third-order valence-corrected chi connectivity index (χ3v) is 9.60. The second-order valence-electron chi connectivity index (χ2n) is 10.7. The van der Waals surface area contributed by atoms with E-state index in [1.54, 1.807) is 6.92 Å². The summed E-state index contributed by atoms with van der Waals surface area (Å²) in [5.41, 5.74) is 5.92. The maximum atomic E-state index is 13.5. The summed E-state index contributed by atoms with van der Waals surface area (Å²) in [5, 5.41) is 20.7. The second-order valence-corrected chi connectivity index (χ2v) is 12.9. The van der Waals surface area contributed by atoms with Crippen LogP contribution in [0.15, 0.2) is 18.2 Å². The molecule has 5 amide bonds. The largest absolute Gasteiger partial charge is 0.394 e. The molecule has 0 saturated carbocycles. The Morgan fingerprint density at radius 2 is 1.77 bits per heavy atom. The number of nitrogens with zero attached hydrogens (tertiary/aromatic N) is 1. The molecule has 2 aliphatic heterocycles. The Morgan fingerprint density at radius 1 is 1.09 bits per heavy atom. The van der Waals surface area contributed by atoms with Gasteiger partial charge in [0.05, 0.1) is 18.0 Å². The molecule has 2 bridgehead atoms. The normalized spacial score (nSPS) is 25.6. The lowest BCUT2D eigenvalue weighted by atomic mass is 9.88. The van der Waals surface area contributed by atoms with E-state index >= 15 is 0 Å². The van der Waals surface area contributed by atoms with Gasteiger partial charge >= 0.3 is 0 Å². The molecule has 0 aromatic carbocycles. The molecular weight excluding hydrogens is 596 g/mol. The van der Waals surface area contributed by atoms with Crippen LogP contribution in [-0.2, 0) is 40.2 Å². The molecule has 1 unspecified atom stereocenters. The highest BCUT2D eigenvalue weighted by molar-refractivity contribution is 7.98. The molecule has 3 heterocycles. The third-order valence-electron chi connectivity index (χ3n) is 7.54. The van der Waals surface area contributed by atoms with Crippen LogP contribution in [0.3, 0.4) is 0 Å². The molecular formula is C28H42N6O7S2. The van der Waals surface area contributed by atoms with E-state index in [-0.39, 0.29) is 50.1 Å². The molecule has 13 nitrogen and oxygen atoms in total. The van der Waals surface area contributed by atoms with Gasteiger partial charge in [-0.2, -0.15) is 23.5 Å². The predicted octanol–water partition coefficient (Wildman–Crippen LogP) is -0.405. The SMILES string of the molecule is CC[C@H](C)[C@@H]1NC(=O)C(CO)NC(=O)C2(CCOCC2)NC(=O)CCSCc2cccc(n2)CSC[C@@H](C(N)=O)NC1=O. The van der Waals surface area contributed by atoms with Crippen LogP contribution in [0.25, 0.3) is 0 Å². The number of aliphatic hydroxyl groups is 1. The Labute approximate surface area is 260 Å². The topological polar surface area (TPSA) is 202 Å². The molecule has 0 radical (unpaired) electrons. The molecule has 43 heavy (non-hydrogen) atoms. The minimum Gasteiger partial charge on any atom is -0.394 e. The Hall–Kier alpha value is -2.88. The number of ether oxygens (including phenoxy) is 1. The van der Waals surface area contributed by atoms with Crippen LogP contribution in [0.5, 0.6) is 0 Å². The smallest absolute Gasteiger partial charge is 0.246 e. The highest BCUT2D eigenvalue weighted by Gasteiger charge is 2.43. The number of aromatic nitrogens is 1. The zero-order chi connectivity index (χ0) is 31.4. The molecule has 1 saturated heterocycles. The summed E-state index contributed by atoms with van der Waals surface area (Å²) in [6.07, 6.45) is 1.07. The molecule has 238 valence electrons. The summed E-state index contributed by atoms with van der Waals surface area (Å²) in [6.45, 7) is 3.33. The van der Waals surface area contributed by atoms with Crippen molar-refractivity contribution in [2.24, 2.45) is 11.7 Å². The van der Waals surface area contributed by atoms with Crippen LogP contribution >= 0.6 is 23.5 Å². The highest BCUT2D eigenvalue weighted by atomic mass is 32.2. The maximum Gasteiger partial charge on any atom is 0.246 e. The van der Waals surface area contributed by atoms with Crippen molar-refractivity contribution in [2.45, 2.75) is 74.7 Å². The van der Waals surface area contributed by atoms with E-state index in [4.69, 9.17) is 10.5 Å². The first-order valence-electron chi connectivity index (χ1n) is 14.4. The van der Waals surface area contributed by atoms with Gasteiger partial charge in [-0.25, -0.2) is 0 Å². The van der Waals surface area contributed by atoms with Crippen molar-refractivity contribution < 1.29 is 33.8 Å². The third kappa shape index (κ3) is 10.1. The number of amides is 5. The van der Waals surface area contributed by atoms with Crippen LogP contribution in [-0.4, -0.2) is 94.6 Å². The van der Waals surface area contributed by atoms with Gasteiger partial charge in [-0.15, -0.1) is 0 Å². The lowest BCUT2D eigenvalue weighted by molar-refractivity contribution is -0.140. The monoisotopic (exact) mass is 638 g/mol. The fourth-order valence-electron chi connectivity index (χ4n) is 4.67. The molecule has 1 aromatic heterocycles.